The summed E-state index contributed by atoms with van der Waals surface area (Å²) in [6.07, 6.45) is 6.53. The van der Waals surface area contributed by atoms with E-state index in [1.54, 1.807) is 17.0 Å². The number of fused-ring (bicyclic) bond motifs is 1. The number of pyridine rings is 1. The largest absolute Gasteiger partial charge is 0.325 e. The van der Waals surface area contributed by atoms with E-state index in [9.17, 15) is 9.18 Å². The number of nitrogens with one attached hydrogen (secondary N) is 1. The Labute approximate surface area is 156 Å². The van der Waals surface area contributed by atoms with E-state index < -0.39 is 5.82 Å². The van der Waals surface area contributed by atoms with Crippen molar-refractivity contribution in [2.75, 3.05) is 5.32 Å². The molecule has 0 atom stereocenters. The zero-order valence-electron chi connectivity index (χ0n) is 15.2. The van der Waals surface area contributed by atoms with E-state index in [0.29, 0.717) is 11.5 Å². The van der Waals surface area contributed by atoms with E-state index in [1.165, 1.54) is 18.2 Å². The lowest BCUT2D eigenvalue weighted by molar-refractivity contribution is 0.250. The number of hydrogen-bond donors (Lipinski definition) is 2. The van der Waals surface area contributed by atoms with Crippen molar-refractivity contribution in [2.24, 2.45) is 5.73 Å². The van der Waals surface area contributed by atoms with Crippen LogP contribution >= 0.6 is 0 Å². The summed E-state index contributed by atoms with van der Waals surface area (Å²) in [5.74, 6) is -0.00294. The molecule has 1 saturated carbocycles. The van der Waals surface area contributed by atoms with Gasteiger partial charge in [-0.15, -0.1) is 0 Å². The molecule has 0 amide bonds. The average Bonchev–Trinajstić information content (AvgIpc) is 2.64. The topological polar surface area (TPSA) is 85.8 Å². The highest BCUT2D eigenvalue weighted by Gasteiger charge is 2.30. The van der Waals surface area contributed by atoms with Crippen LogP contribution in [0.1, 0.15) is 38.6 Å². The molecule has 140 valence electrons. The summed E-state index contributed by atoms with van der Waals surface area (Å²) in [5.41, 5.74) is 6.99. The molecule has 7 heteroatoms. The second kappa shape index (κ2) is 6.74. The van der Waals surface area contributed by atoms with Gasteiger partial charge in [0.05, 0.1) is 22.8 Å². The van der Waals surface area contributed by atoms with E-state index >= 15 is 0 Å². The maximum atomic E-state index is 13.7. The van der Waals surface area contributed by atoms with Crippen LogP contribution < -0.4 is 16.6 Å². The minimum Gasteiger partial charge on any atom is -0.325 e. The van der Waals surface area contributed by atoms with Gasteiger partial charge in [0.2, 0.25) is 5.95 Å². The van der Waals surface area contributed by atoms with Crippen molar-refractivity contribution >= 4 is 22.5 Å². The Morgan fingerprint density at radius 1 is 1.30 bits per heavy atom. The standard InChI is InChI=1S/C20H22FN5O/c1-20(22)8-6-15(7-9-20)26-18(27)16-11-13(21)4-5-17(16)25-19(26)24-14-3-2-10-23-12-14/h2-5,10-12,15H,6-9,22H2,1H3,(H,24,25)/t15-,20+. The number of benzene rings is 1. The summed E-state index contributed by atoms with van der Waals surface area (Å²) < 4.78 is 15.4. The monoisotopic (exact) mass is 367 g/mol. The van der Waals surface area contributed by atoms with Crippen LogP contribution in [0.25, 0.3) is 10.9 Å². The lowest BCUT2D eigenvalue weighted by atomic mass is 9.81. The minimum atomic E-state index is -0.445. The molecular formula is C20H22FN5O. The lowest BCUT2D eigenvalue weighted by Crippen LogP contribution is -2.42. The van der Waals surface area contributed by atoms with E-state index in [1.807, 2.05) is 19.1 Å². The highest BCUT2D eigenvalue weighted by atomic mass is 19.1. The molecule has 1 fully saturated rings. The molecule has 0 aliphatic heterocycles. The van der Waals surface area contributed by atoms with Gasteiger partial charge in [-0.3, -0.25) is 14.3 Å². The smallest absolute Gasteiger partial charge is 0.263 e. The second-order valence-corrected chi connectivity index (χ2v) is 7.52. The van der Waals surface area contributed by atoms with E-state index in [2.05, 4.69) is 15.3 Å². The van der Waals surface area contributed by atoms with Crippen molar-refractivity contribution < 1.29 is 4.39 Å². The van der Waals surface area contributed by atoms with Gasteiger partial charge in [0.1, 0.15) is 5.82 Å². The number of aromatic nitrogens is 3. The van der Waals surface area contributed by atoms with Crippen LogP contribution in [0.2, 0.25) is 0 Å². The fourth-order valence-corrected chi connectivity index (χ4v) is 3.68. The third kappa shape index (κ3) is 3.55. The first-order valence-electron chi connectivity index (χ1n) is 9.11. The summed E-state index contributed by atoms with van der Waals surface area (Å²) in [6.45, 7) is 2.04. The van der Waals surface area contributed by atoms with Crippen LogP contribution in [0.3, 0.4) is 0 Å². The van der Waals surface area contributed by atoms with Crippen LogP contribution in [0.5, 0.6) is 0 Å². The van der Waals surface area contributed by atoms with Crippen molar-refractivity contribution in [1.82, 2.24) is 14.5 Å². The maximum absolute atomic E-state index is 13.7. The molecule has 4 rings (SSSR count). The molecule has 3 N–H and O–H groups in total. The molecule has 0 unspecified atom stereocenters. The molecule has 0 bridgehead atoms. The fourth-order valence-electron chi connectivity index (χ4n) is 3.68. The van der Waals surface area contributed by atoms with Gasteiger partial charge in [-0.1, -0.05) is 0 Å². The fraction of sp³-hybridized carbons (Fsp3) is 0.350. The predicted molar refractivity (Wildman–Crippen MR) is 104 cm³/mol. The maximum Gasteiger partial charge on any atom is 0.263 e. The number of hydrogen-bond acceptors (Lipinski definition) is 5. The van der Waals surface area contributed by atoms with Gasteiger partial charge in [0, 0.05) is 17.8 Å². The first-order valence-corrected chi connectivity index (χ1v) is 9.11. The van der Waals surface area contributed by atoms with Crippen molar-refractivity contribution in [3.8, 4) is 0 Å². The molecule has 3 aromatic rings. The molecule has 0 radical (unpaired) electrons. The van der Waals surface area contributed by atoms with E-state index in [0.717, 1.165) is 31.4 Å². The number of halogens is 1. The normalized spacial score (nSPS) is 22.7. The molecule has 0 spiro atoms. The minimum absolute atomic E-state index is 0.0338. The highest BCUT2D eigenvalue weighted by molar-refractivity contribution is 5.79. The number of rotatable bonds is 3. The van der Waals surface area contributed by atoms with Gasteiger partial charge >= 0.3 is 0 Å². The highest BCUT2D eigenvalue weighted by Crippen LogP contribution is 2.34. The molecule has 0 saturated heterocycles. The SMILES string of the molecule is C[C@]1(N)CC[C@@H](n2c(Nc3cccnc3)nc3ccc(F)cc3c2=O)CC1. The van der Waals surface area contributed by atoms with Crippen LogP contribution in [0.4, 0.5) is 16.0 Å². The Hall–Kier alpha value is -2.80. The van der Waals surface area contributed by atoms with Crippen molar-refractivity contribution in [2.45, 2.75) is 44.2 Å². The van der Waals surface area contributed by atoms with Gasteiger partial charge in [0.25, 0.3) is 5.56 Å². The first kappa shape index (κ1) is 17.6. The van der Waals surface area contributed by atoms with Gasteiger partial charge in [-0.05, 0) is 62.9 Å². The Morgan fingerprint density at radius 3 is 2.78 bits per heavy atom. The van der Waals surface area contributed by atoms with Gasteiger partial charge in [-0.2, -0.15) is 0 Å². The number of anilines is 2. The van der Waals surface area contributed by atoms with E-state index in [4.69, 9.17) is 5.73 Å². The third-order valence-electron chi connectivity index (χ3n) is 5.24. The van der Waals surface area contributed by atoms with E-state index in [-0.39, 0.29) is 22.5 Å². The molecule has 2 heterocycles. The molecule has 27 heavy (non-hydrogen) atoms. The van der Waals surface area contributed by atoms with Crippen LogP contribution in [-0.4, -0.2) is 20.1 Å². The molecule has 6 nitrogen and oxygen atoms in total. The summed E-state index contributed by atoms with van der Waals surface area (Å²) in [6, 6.07) is 7.73. The summed E-state index contributed by atoms with van der Waals surface area (Å²) in [5, 5.41) is 3.49. The summed E-state index contributed by atoms with van der Waals surface area (Å²) >= 11 is 0. The zero-order valence-corrected chi connectivity index (χ0v) is 15.2. The molecule has 1 aromatic carbocycles. The molecule has 1 aliphatic rings. The number of nitrogens with two attached hydrogens (primary N) is 1. The summed E-state index contributed by atoms with van der Waals surface area (Å²) in [7, 11) is 0. The lowest BCUT2D eigenvalue weighted by Gasteiger charge is -2.35. The van der Waals surface area contributed by atoms with Crippen molar-refractivity contribution in [1.29, 1.82) is 0 Å². The van der Waals surface area contributed by atoms with Gasteiger partial charge in [-0.25, -0.2) is 9.37 Å². The second-order valence-electron chi connectivity index (χ2n) is 7.52. The summed E-state index contributed by atoms with van der Waals surface area (Å²) in [4.78, 5) is 21.9. The molecule has 1 aliphatic carbocycles. The Morgan fingerprint density at radius 2 is 2.07 bits per heavy atom. The predicted octanol–water partition coefficient (Wildman–Crippen LogP) is 3.51. The zero-order chi connectivity index (χ0) is 19.0. The Balaban J connectivity index is 1.84. The van der Waals surface area contributed by atoms with Crippen molar-refractivity contribution in [3.05, 3.63) is 58.9 Å². The third-order valence-corrected chi connectivity index (χ3v) is 5.24. The van der Waals surface area contributed by atoms with Crippen LogP contribution in [0.15, 0.2) is 47.5 Å². The quantitative estimate of drug-likeness (QED) is 0.740. The van der Waals surface area contributed by atoms with Crippen molar-refractivity contribution in [3.63, 3.8) is 0 Å². The van der Waals surface area contributed by atoms with Gasteiger partial charge < -0.3 is 11.1 Å². The van der Waals surface area contributed by atoms with Gasteiger partial charge in [0.15, 0.2) is 0 Å². The number of nitrogens with zero attached hydrogens (tertiary/aromatic N) is 3. The first-order chi connectivity index (χ1) is 12.9. The Kier molecular flexibility index (Phi) is 4.39. The molecule has 2 aromatic heterocycles. The average molecular weight is 367 g/mol. The van der Waals surface area contributed by atoms with Crippen LogP contribution in [0, 0.1) is 5.82 Å². The van der Waals surface area contributed by atoms with Crippen LogP contribution in [-0.2, 0) is 0 Å². The molecular weight excluding hydrogens is 345 g/mol. The Bertz CT molecular complexity index is 1020.